The molecule has 2 bridgehead atoms. The smallest absolute Gasteiger partial charge is 0.228 e. The maximum atomic E-state index is 12.1. The van der Waals surface area contributed by atoms with Gasteiger partial charge in [0.05, 0.1) is 12.5 Å². The highest BCUT2D eigenvalue weighted by Gasteiger charge is 2.42. The van der Waals surface area contributed by atoms with Crippen molar-refractivity contribution >= 4 is 5.91 Å². The number of fused-ring (bicyclic) bond motifs is 2. The van der Waals surface area contributed by atoms with Gasteiger partial charge in [-0.25, -0.2) is 0 Å². The van der Waals surface area contributed by atoms with E-state index in [2.05, 4.69) is 27.7 Å². The fraction of sp³-hybridized carbons (Fsp3) is 0.867. The topological polar surface area (TPSA) is 72.7 Å². The molecule has 1 N–H and O–H groups in total. The standard InChI is InChI=1S/C15H25N5O/c1-9(2)20-18-14(17-19-20)8-15(21)16-10(3)13-7-11-4-5-12(13)6-11/h9-13H,4-8H2,1-3H3,(H,16,21)/t10-,11-,12-,13-/m0/s1. The van der Waals surface area contributed by atoms with Crippen LogP contribution in [-0.4, -0.2) is 32.2 Å². The van der Waals surface area contributed by atoms with Gasteiger partial charge in [0.15, 0.2) is 5.82 Å². The summed E-state index contributed by atoms with van der Waals surface area (Å²) in [6.07, 6.45) is 5.62. The second-order valence-electron chi connectivity index (χ2n) is 6.99. The van der Waals surface area contributed by atoms with Gasteiger partial charge in [0.25, 0.3) is 0 Å². The lowest BCUT2D eigenvalue weighted by Crippen LogP contribution is -2.40. The molecule has 2 aliphatic carbocycles. The van der Waals surface area contributed by atoms with Gasteiger partial charge in [-0.2, -0.15) is 4.80 Å². The number of hydrogen-bond acceptors (Lipinski definition) is 4. The van der Waals surface area contributed by atoms with Gasteiger partial charge in [0, 0.05) is 6.04 Å². The van der Waals surface area contributed by atoms with E-state index in [1.165, 1.54) is 25.7 Å². The van der Waals surface area contributed by atoms with Crippen molar-refractivity contribution in [3.63, 3.8) is 0 Å². The van der Waals surface area contributed by atoms with E-state index in [0.717, 1.165) is 11.8 Å². The summed E-state index contributed by atoms with van der Waals surface area (Å²) < 4.78 is 0. The molecule has 2 saturated carbocycles. The zero-order valence-corrected chi connectivity index (χ0v) is 13.1. The summed E-state index contributed by atoms with van der Waals surface area (Å²) in [5.74, 6) is 2.90. The first-order chi connectivity index (χ1) is 10.0. The van der Waals surface area contributed by atoms with Crippen LogP contribution >= 0.6 is 0 Å². The minimum absolute atomic E-state index is 0.00794. The van der Waals surface area contributed by atoms with Crippen LogP contribution in [0.4, 0.5) is 0 Å². The normalized spacial score (nSPS) is 29.0. The third-order valence-corrected chi connectivity index (χ3v) is 5.07. The maximum Gasteiger partial charge on any atom is 0.228 e. The van der Waals surface area contributed by atoms with Gasteiger partial charge < -0.3 is 5.32 Å². The zero-order chi connectivity index (χ0) is 15.0. The van der Waals surface area contributed by atoms with Crippen LogP contribution < -0.4 is 5.32 Å². The number of hydrogen-bond donors (Lipinski definition) is 1. The SMILES string of the molecule is CC(C)n1nnc(CC(=O)N[C@@H](C)[C@@H]2C[C@H]3CC[C@H]2C3)n1. The van der Waals surface area contributed by atoms with Gasteiger partial charge >= 0.3 is 0 Å². The highest BCUT2D eigenvalue weighted by molar-refractivity contribution is 5.77. The van der Waals surface area contributed by atoms with Gasteiger partial charge in [-0.05, 0) is 63.0 Å². The van der Waals surface area contributed by atoms with Crippen molar-refractivity contribution in [3.05, 3.63) is 5.82 Å². The van der Waals surface area contributed by atoms with Crippen LogP contribution in [0, 0.1) is 17.8 Å². The Morgan fingerprint density at radius 3 is 2.71 bits per heavy atom. The van der Waals surface area contributed by atoms with E-state index in [0.29, 0.717) is 11.7 Å². The summed E-state index contributed by atoms with van der Waals surface area (Å²) in [7, 11) is 0. The molecule has 6 nitrogen and oxygen atoms in total. The lowest BCUT2D eigenvalue weighted by atomic mass is 9.84. The van der Waals surface area contributed by atoms with Crippen molar-refractivity contribution < 1.29 is 4.79 Å². The van der Waals surface area contributed by atoms with Crippen molar-refractivity contribution in [2.24, 2.45) is 17.8 Å². The van der Waals surface area contributed by atoms with E-state index in [4.69, 9.17) is 0 Å². The molecular weight excluding hydrogens is 266 g/mol. The first kappa shape index (κ1) is 14.5. The summed E-state index contributed by atoms with van der Waals surface area (Å²) in [6, 6.07) is 0.426. The van der Waals surface area contributed by atoms with E-state index in [-0.39, 0.29) is 24.4 Å². The molecule has 0 unspecified atom stereocenters. The summed E-state index contributed by atoms with van der Waals surface area (Å²) in [6.45, 7) is 6.12. The highest BCUT2D eigenvalue weighted by Crippen LogP contribution is 2.49. The minimum atomic E-state index is 0.00794. The van der Waals surface area contributed by atoms with Gasteiger partial charge in [0.2, 0.25) is 5.91 Å². The number of carbonyl (C=O) groups excluding carboxylic acids is 1. The first-order valence-electron chi connectivity index (χ1n) is 8.10. The number of rotatable bonds is 5. The molecule has 0 radical (unpaired) electrons. The first-order valence-corrected chi connectivity index (χ1v) is 8.10. The molecule has 1 aromatic heterocycles. The average molecular weight is 291 g/mol. The molecule has 0 aromatic carbocycles. The monoisotopic (exact) mass is 291 g/mol. The van der Waals surface area contributed by atoms with Crippen LogP contribution in [0.3, 0.4) is 0 Å². The summed E-state index contributed by atoms with van der Waals surface area (Å²) >= 11 is 0. The largest absolute Gasteiger partial charge is 0.353 e. The molecule has 2 fully saturated rings. The highest BCUT2D eigenvalue weighted by atomic mass is 16.1. The number of nitrogens with one attached hydrogen (secondary N) is 1. The van der Waals surface area contributed by atoms with Crippen LogP contribution in [0.25, 0.3) is 0 Å². The molecule has 116 valence electrons. The van der Waals surface area contributed by atoms with Gasteiger partial charge in [-0.1, -0.05) is 6.42 Å². The van der Waals surface area contributed by atoms with Crippen LogP contribution in [0.15, 0.2) is 0 Å². The van der Waals surface area contributed by atoms with Crippen molar-refractivity contribution in [1.29, 1.82) is 0 Å². The van der Waals surface area contributed by atoms with E-state index in [1.807, 2.05) is 13.8 Å². The number of carbonyl (C=O) groups is 1. The number of nitrogens with zero attached hydrogens (tertiary/aromatic N) is 4. The lowest BCUT2D eigenvalue weighted by molar-refractivity contribution is -0.121. The Hall–Kier alpha value is -1.46. The molecule has 1 heterocycles. The van der Waals surface area contributed by atoms with Gasteiger partial charge in [-0.3, -0.25) is 4.79 Å². The summed E-state index contributed by atoms with van der Waals surface area (Å²) in [5, 5.41) is 15.3. The van der Waals surface area contributed by atoms with Gasteiger partial charge in [-0.15, -0.1) is 10.2 Å². The number of amides is 1. The fourth-order valence-corrected chi connectivity index (χ4v) is 4.01. The molecular formula is C15H25N5O. The maximum absolute atomic E-state index is 12.1. The predicted octanol–water partition coefficient (Wildman–Crippen LogP) is 1.74. The van der Waals surface area contributed by atoms with Crippen LogP contribution in [-0.2, 0) is 11.2 Å². The van der Waals surface area contributed by atoms with Crippen molar-refractivity contribution in [2.75, 3.05) is 0 Å². The molecule has 21 heavy (non-hydrogen) atoms. The molecule has 2 aliphatic rings. The lowest BCUT2D eigenvalue weighted by Gasteiger charge is -2.28. The Balaban J connectivity index is 1.51. The van der Waals surface area contributed by atoms with E-state index in [9.17, 15) is 4.79 Å². The third-order valence-electron chi connectivity index (χ3n) is 5.07. The summed E-state index contributed by atoms with van der Waals surface area (Å²) in [5.41, 5.74) is 0. The van der Waals surface area contributed by atoms with Crippen molar-refractivity contribution in [1.82, 2.24) is 25.5 Å². The second-order valence-corrected chi connectivity index (χ2v) is 6.99. The van der Waals surface area contributed by atoms with Crippen LogP contribution in [0.5, 0.6) is 0 Å². The van der Waals surface area contributed by atoms with E-state index in [1.54, 1.807) is 4.80 Å². The van der Waals surface area contributed by atoms with E-state index < -0.39 is 0 Å². The Bertz CT molecular complexity index is 512. The summed E-state index contributed by atoms with van der Waals surface area (Å²) in [4.78, 5) is 13.7. The molecule has 1 aromatic rings. The number of tetrazole rings is 1. The third kappa shape index (κ3) is 3.09. The number of aromatic nitrogens is 4. The minimum Gasteiger partial charge on any atom is -0.353 e. The van der Waals surface area contributed by atoms with Crippen LogP contribution in [0.1, 0.15) is 58.3 Å². The second kappa shape index (κ2) is 5.73. The van der Waals surface area contributed by atoms with E-state index >= 15 is 0 Å². The zero-order valence-electron chi connectivity index (χ0n) is 13.1. The molecule has 0 saturated heterocycles. The Morgan fingerprint density at radius 2 is 2.14 bits per heavy atom. The Morgan fingerprint density at radius 1 is 1.33 bits per heavy atom. The molecule has 1 amide bonds. The molecule has 0 aliphatic heterocycles. The average Bonchev–Trinajstić information content (AvgIpc) is 3.13. The van der Waals surface area contributed by atoms with Crippen molar-refractivity contribution in [3.8, 4) is 0 Å². The quantitative estimate of drug-likeness (QED) is 0.897. The Labute approximate surface area is 125 Å². The van der Waals surface area contributed by atoms with Crippen molar-refractivity contribution in [2.45, 2.75) is 65.0 Å². The molecule has 4 atom stereocenters. The molecule has 3 rings (SSSR count). The molecule has 0 spiro atoms. The molecule has 6 heteroatoms. The predicted molar refractivity (Wildman–Crippen MR) is 78.4 cm³/mol. The Kier molecular flexibility index (Phi) is 3.95. The van der Waals surface area contributed by atoms with Crippen LogP contribution in [0.2, 0.25) is 0 Å². The fourth-order valence-electron chi connectivity index (χ4n) is 4.01. The van der Waals surface area contributed by atoms with Gasteiger partial charge in [0.1, 0.15) is 0 Å².